The Morgan fingerprint density at radius 2 is 1.54 bits per heavy atom. The molecule has 0 bridgehead atoms. The fourth-order valence-electron chi connectivity index (χ4n) is 2.08. The average Bonchev–Trinajstić information content (AvgIpc) is 2.59. The van der Waals surface area contributed by atoms with Crippen molar-refractivity contribution in [2.75, 3.05) is 5.32 Å². The average molecular weight is 403 g/mol. The van der Waals surface area contributed by atoms with E-state index in [2.05, 4.69) is 21.2 Å². The van der Waals surface area contributed by atoms with Gasteiger partial charge in [-0.2, -0.15) is 0 Å². The Hall–Kier alpha value is -2.30. The van der Waals surface area contributed by atoms with E-state index in [1.807, 2.05) is 12.1 Å². The normalized spacial score (nSPS) is 10.2. The van der Waals surface area contributed by atoms with Gasteiger partial charge in [-0.05, 0) is 66.7 Å². The standard InChI is InChI=1S/C19H13BrClNO2/c20-14-3-1-2-13(12-14)19(23)22-16-6-10-18(11-7-16)24-17-8-4-15(21)5-9-17/h1-12H,(H,22,23). The van der Waals surface area contributed by atoms with E-state index < -0.39 is 0 Å². The molecule has 5 heteroatoms. The minimum atomic E-state index is -0.164. The number of amides is 1. The highest BCUT2D eigenvalue weighted by molar-refractivity contribution is 9.10. The fourth-order valence-corrected chi connectivity index (χ4v) is 2.60. The van der Waals surface area contributed by atoms with E-state index in [0.717, 1.165) is 4.47 Å². The first-order valence-electron chi connectivity index (χ1n) is 7.20. The molecule has 1 N–H and O–H groups in total. The third-order valence-corrected chi connectivity index (χ3v) is 3.99. The van der Waals surface area contributed by atoms with Gasteiger partial charge in [-0.25, -0.2) is 0 Å². The molecule has 3 aromatic rings. The second-order valence-corrected chi connectivity index (χ2v) is 6.40. The Morgan fingerprint density at radius 3 is 2.17 bits per heavy atom. The summed E-state index contributed by atoms with van der Waals surface area (Å²) in [5.74, 6) is 1.21. The molecule has 0 unspecified atom stereocenters. The lowest BCUT2D eigenvalue weighted by molar-refractivity contribution is 0.102. The SMILES string of the molecule is O=C(Nc1ccc(Oc2ccc(Cl)cc2)cc1)c1cccc(Br)c1. The topological polar surface area (TPSA) is 38.3 Å². The lowest BCUT2D eigenvalue weighted by atomic mass is 10.2. The predicted octanol–water partition coefficient (Wildman–Crippen LogP) is 6.15. The summed E-state index contributed by atoms with van der Waals surface area (Å²) < 4.78 is 6.58. The number of halogens is 2. The van der Waals surface area contributed by atoms with Crippen LogP contribution in [0.1, 0.15) is 10.4 Å². The maximum absolute atomic E-state index is 12.2. The van der Waals surface area contributed by atoms with Crippen molar-refractivity contribution in [2.45, 2.75) is 0 Å². The molecule has 0 radical (unpaired) electrons. The van der Waals surface area contributed by atoms with Crippen LogP contribution < -0.4 is 10.1 Å². The molecular formula is C19H13BrClNO2. The first-order chi connectivity index (χ1) is 11.6. The van der Waals surface area contributed by atoms with E-state index in [1.165, 1.54) is 0 Å². The molecule has 1 amide bonds. The third-order valence-electron chi connectivity index (χ3n) is 3.25. The van der Waals surface area contributed by atoms with Gasteiger partial charge in [-0.1, -0.05) is 33.6 Å². The van der Waals surface area contributed by atoms with Crippen LogP contribution in [0.4, 0.5) is 5.69 Å². The Balaban J connectivity index is 1.66. The van der Waals surface area contributed by atoms with Gasteiger partial charge in [0, 0.05) is 20.7 Å². The molecule has 24 heavy (non-hydrogen) atoms. The predicted molar refractivity (Wildman–Crippen MR) is 100 cm³/mol. The monoisotopic (exact) mass is 401 g/mol. The highest BCUT2D eigenvalue weighted by atomic mass is 79.9. The first-order valence-corrected chi connectivity index (χ1v) is 8.38. The molecule has 0 atom stereocenters. The number of ether oxygens (including phenoxy) is 1. The lowest BCUT2D eigenvalue weighted by Gasteiger charge is -2.08. The number of hydrogen-bond donors (Lipinski definition) is 1. The Bertz CT molecular complexity index is 848. The number of hydrogen-bond acceptors (Lipinski definition) is 2. The van der Waals surface area contributed by atoms with E-state index in [9.17, 15) is 4.79 Å². The van der Waals surface area contributed by atoms with Gasteiger partial charge in [-0.3, -0.25) is 4.79 Å². The van der Waals surface area contributed by atoms with Crippen molar-refractivity contribution in [3.05, 3.63) is 87.9 Å². The van der Waals surface area contributed by atoms with Crippen LogP contribution in [0.2, 0.25) is 5.02 Å². The van der Waals surface area contributed by atoms with Gasteiger partial charge in [0.25, 0.3) is 5.91 Å². The van der Waals surface area contributed by atoms with Gasteiger partial charge in [-0.15, -0.1) is 0 Å². The highest BCUT2D eigenvalue weighted by Gasteiger charge is 2.06. The summed E-state index contributed by atoms with van der Waals surface area (Å²) in [6.45, 7) is 0. The van der Waals surface area contributed by atoms with E-state index in [1.54, 1.807) is 60.7 Å². The second kappa shape index (κ2) is 7.51. The maximum Gasteiger partial charge on any atom is 0.255 e. The number of carbonyl (C=O) groups is 1. The number of anilines is 1. The molecule has 0 fully saturated rings. The van der Waals surface area contributed by atoms with Crippen LogP contribution in [0.5, 0.6) is 11.5 Å². The molecule has 0 aliphatic rings. The number of rotatable bonds is 4. The second-order valence-electron chi connectivity index (χ2n) is 5.04. The molecule has 120 valence electrons. The Kier molecular flexibility index (Phi) is 5.18. The van der Waals surface area contributed by atoms with Crippen molar-refractivity contribution in [1.82, 2.24) is 0 Å². The first kappa shape index (κ1) is 16.6. The van der Waals surface area contributed by atoms with Crippen LogP contribution >= 0.6 is 27.5 Å². The minimum Gasteiger partial charge on any atom is -0.457 e. The smallest absolute Gasteiger partial charge is 0.255 e. The van der Waals surface area contributed by atoms with Crippen LogP contribution in [-0.4, -0.2) is 5.91 Å². The van der Waals surface area contributed by atoms with E-state index >= 15 is 0 Å². The zero-order valence-corrected chi connectivity index (χ0v) is 14.8. The lowest BCUT2D eigenvalue weighted by Crippen LogP contribution is -2.11. The minimum absolute atomic E-state index is 0.164. The zero-order valence-electron chi connectivity index (χ0n) is 12.5. The van der Waals surface area contributed by atoms with Crippen molar-refractivity contribution in [3.63, 3.8) is 0 Å². The molecule has 0 aromatic heterocycles. The maximum atomic E-state index is 12.2. The van der Waals surface area contributed by atoms with E-state index in [4.69, 9.17) is 16.3 Å². The van der Waals surface area contributed by atoms with Crippen molar-refractivity contribution < 1.29 is 9.53 Å². The largest absolute Gasteiger partial charge is 0.457 e. The van der Waals surface area contributed by atoms with Crippen LogP contribution in [0, 0.1) is 0 Å². The summed E-state index contributed by atoms with van der Waals surface area (Å²) in [7, 11) is 0. The van der Waals surface area contributed by atoms with E-state index in [-0.39, 0.29) is 5.91 Å². The number of carbonyl (C=O) groups excluding carboxylic acids is 1. The van der Waals surface area contributed by atoms with Crippen molar-refractivity contribution in [2.24, 2.45) is 0 Å². The van der Waals surface area contributed by atoms with Gasteiger partial charge < -0.3 is 10.1 Å². The van der Waals surface area contributed by atoms with Crippen molar-refractivity contribution in [1.29, 1.82) is 0 Å². The molecule has 3 aromatic carbocycles. The molecule has 0 saturated carbocycles. The van der Waals surface area contributed by atoms with Crippen LogP contribution in [0.3, 0.4) is 0 Å². The zero-order chi connectivity index (χ0) is 16.9. The van der Waals surface area contributed by atoms with Gasteiger partial charge in [0.15, 0.2) is 0 Å². The summed E-state index contributed by atoms with van der Waals surface area (Å²) in [6, 6.07) is 21.5. The molecule has 3 rings (SSSR count). The summed E-state index contributed by atoms with van der Waals surface area (Å²) in [5, 5.41) is 3.51. The molecule has 0 heterocycles. The van der Waals surface area contributed by atoms with Crippen LogP contribution in [-0.2, 0) is 0 Å². The Labute approximate surface area is 153 Å². The molecular weight excluding hydrogens is 390 g/mol. The summed E-state index contributed by atoms with van der Waals surface area (Å²) >= 11 is 9.20. The van der Waals surface area contributed by atoms with Gasteiger partial charge in [0.1, 0.15) is 11.5 Å². The fraction of sp³-hybridized carbons (Fsp3) is 0. The van der Waals surface area contributed by atoms with Gasteiger partial charge >= 0.3 is 0 Å². The molecule has 0 saturated heterocycles. The van der Waals surface area contributed by atoms with Crippen molar-refractivity contribution >= 4 is 39.1 Å². The quantitative estimate of drug-likeness (QED) is 0.568. The molecule has 0 spiro atoms. The molecule has 0 aliphatic heterocycles. The van der Waals surface area contributed by atoms with Gasteiger partial charge in [0.2, 0.25) is 0 Å². The Morgan fingerprint density at radius 1 is 0.917 bits per heavy atom. The molecule has 3 nitrogen and oxygen atoms in total. The van der Waals surface area contributed by atoms with Crippen molar-refractivity contribution in [3.8, 4) is 11.5 Å². The summed E-state index contributed by atoms with van der Waals surface area (Å²) in [4.78, 5) is 12.2. The number of benzene rings is 3. The summed E-state index contributed by atoms with van der Waals surface area (Å²) in [5.41, 5.74) is 1.29. The van der Waals surface area contributed by atoms with Gasteiger partial charge in [0.05, 0.1) is 0 Å². The highest BCUT2D eigenvalue weighted by Crippen LogP contribution is 2.24. The van der Waals surface area contributed by atoms with E-state index in [0.29, 0.717) is 27.8 Å². The van der Waals surface area contributed by atoms with Crippen LogP contribution in [0.15, 0.2) is 77.3 Å². The number of nitrogens with one attached hydrogen (secondary N) is 1. The van der Waals surface area contributed by atoms with Crippen LogP contribution in [0.25, 0.3) is 0 Å². The summed E-state index contributed by atoms with van der Waals surface area (Å²) in [6.07, 6.45) is 0. The molecule has 0 aliphatic carbocycles. The third kappa shape index (κ3) is 4.37.